The number of pyridine rings is 2. The molecule has 0 saturated heterocycles. The summed E-state index contributed by atoms with van der Waals surface area (Å²) in [5.41, 5.74) is 9.35. The minimum atomic E-state index is -1.10. The molecule has 37 heavy (non-hydrogen) atoms. The summed E-state index contributed by atoms with van der Waals surface area (Å²) in [7, 11) is 1.81. The van der Waals surface area contributed by atoms with Crippen LogP contribution in [0.25, 0.3) is 33.5 Å². The van der Waals surface area contributed by atoms with E-state index in [4.69, 9.17) is 5.73 Å². The zero-order valence-electron chi connectivity index (χ0n) is 20.7. The molecule has 5 rings (SSSR count). The maximum absolute atomic E-state index is 13.2. The summed E-state index contributed by atoms with van der Waals surface area (Å²) in [5.74, 6) is -0.501. The van der Waals surface area contributed by atoms with E-state index in [9.17, 15) is 9.90 Å². The van der Waals surface area contributed by atoms with Gasteiger partial charge in [0, 0.05) is 30.4 Å². The first-order chi connectivity index (χ1) is 17.7. The molecule has 1 amide bonds. The van der Waals surface area contributed by atoms with Gasteiger partial charge in [0.1, 0.15) is 17.0 Å². The van der Waals surface area contributed by atoms with Gasteiger partial charge in [0.25, 0.3) is 5.91 Å². The summed E-state index contributed by atoms with van der Waals surface area (Å²) in [6.07, 6.45) is 3.54. The van der Waals surface area contributed by atoms with Gasteiger partial charge in [-0.05, 0) is 50.2 Å². The molecule has 10 heteroatoms. The number of aromatic nitrogens is 6. The van der Waals surface area contributed by atoms with Crippen LogP contribution in [0.15, 0.2) is 67.0 Å². The van der Waals surface area contributed by atoms with Crippen LogP contribution in [-0.4, -0.2) is 40.7 Å². The number of nitrogens with two attached hydrogens (primary N) is 1. The smallest absolute Gasteiger partial charge is 0.274 e. The van der Waals surface area contributed by atoms with E-state index in [0.717, 1.165) is 16.5 Å². The van der Waals surface area contributed by atoms with Crippen molar-refractivity contribution >= 4 is 22.6 Å². The van der Waals surface area contributed by atoms with Crippen LogP contribution in [0.3, 0.4) is 0 Å². The largest absolute Gasteiger partial charge is 0.384 e. The molecule has 0 aliphatic rings. The Morgan fingerprint density at radius 3 is 2.65 bits per heavy atom. The lowest BCUT2D eigenvalue weighted by Gasteiger charge is -2.17. The summed E-state index contributed by atoms with van der Waals surface area (Å²) in [6.45, 7) is 3.44. The van der Waals surface area contributed by atoms with Crippen LogP contribution in [0.4, 0.5) is 5.82 Å². The number of nitrogens with one attached hydrogen (secondary N) is 1. The molecule has 0 radical (unpaired) electrons. The number of carbonyl (C=O) groups excluding carboxylic acids is 1. The molecular formula is C27H26N8O2. The van der Waals surface area contributed by atoms with Crippen molar-refractivity contribution in [1.82, 2.24) is 35.0 Å². The van der Waals surface area contributed by atoms with Crippen LogP contribution < -0.4 is 11.1 Å². The van der Waals surface area contributed by atoms with E-state index in [1.165, 1.54) is 0 Å². The van der Waals surface area contributed by atoms with Gasteiger partial charge < -0.3 is 16.2 Å². The predicted molar refractivity (Wildman–Crippen MR) is 140 cm³/mol. The zero-order valence-corrected chi connectivity index (χ0v) is 20.7. The summed E-state index contributed by atoms with van der Waals surface area (Å²) in [5, 5.41) is 18.4. The number of hydrogen-bond acceptors (Lipinski definition) is 8. The van der Waals surface area contributed by atoms with Crippen LogP contribution in [0, 0.1) is 0 Å². The first-order valence-corrected chi connectivity index (χ1v) is 11.7. The maximum atomic E-state index is 13.2. The van der Waals surface area contributed by atoms with E-state index >= 15 is 0 Å². The lowest BCUT2D eigenvalue weighted by atomic mass is 10.0. The Kier molecular flexibility index (Phi) is 6.10. The second-order valence-electron chi connectivity index (χ2n) is 9.20. The number of aliphatic hydroxyl groups is 1. The van der Waals surface area contributed by atoms with E-state index in [1.807, 2.05) is 43.4 Å². The number of benzene rings is 1. The third kappa shape index (κ3) is 5.00. The Morgan fingerprint density at radius 1 is 1.05 bits per heavy atom. The SMILES string of the molecule is Cn1ccc(-c2nc(N)c(C(=O)NCc3cccc(C(C)(C)O)n3)nc2-c2ccc3ncccc3c2)n1. The monoisotopic (exact) mass is 494 g/mol. The van der Waals surface area contributed by atoms with E-state index in [-0.39, 0.29) is 18.1 Å². The van der Waals surface area contributed by atoms with Crippen molar-refractivity contribution in [2.45, 2.75) is 26.0 Å². The van der Waals surface area contributed by atoms with Gasteiger partial charge in [-0.1, -0.05) is 18.2 Å². The topological polar surface area (TPSA) is 145 Å². The maximum Gasteiger partial charge on any atom is 0.274 e. The van der Waals surface area contributed by atoms with Crippen molar-refractivity contribution in [2.24, 2.45) is 7.05 Å². The summed E-state index contributed by atoms with van der Waals surface area (Å²) in [6, 6.07) is 16.6. The standard InChI is InChI=1S/C27H26N8O2/c1-27(2,37)21-8-4-7-18(31-21)15-30-26(36)24-25(28)33-23(20-11-13-35(3)34-20)22(32-24)17-9-10-19-16(14-17)6-5-12-29-19/h4-14,37H,15H2,1-3H3,(H2,28,33)(H,30,36). The van der Waals surface area contributed by atoms with Crippen LogP contribution in [-0.2, 0) is 19.2 Å². The molecule has 0 bridgehead atoms. The van der Waals surface area contributed by atoms with Gasteiger partial charge in [0.05, 0.1) is 29.1 Å². The molecule has 4 heterocycles. The van der Waals surface area contributed by atoms with Crippen molar-refractivity contribution in [3.05, 3.63) is 84.1 Å². The fourth-order valence-corrected chi connectivity index (χ4v) is 3.93. The fourth-order valence-electron chi connectivity index (χ4n) is 3.93. The average Bonchev–Trinajstić information content (AvgIpc) is 3.32. The molecule has 0 aliphatic heterocycles. The van der Waals surface area contributed by atoms with E-state index in [0.29, 0.717) is 28.5 Å². The summed E-state index contributed by atoms with van der Waals surface area (Å²) >= 11 is 0. The number of carbonyl (C=O) groups is 1. The first-order valence-electron chi connectivity index (χ1n) is 11.7. The highest BCUT2D eigenvalue weighted by Gasteiger charge is 2.22. The lowest BCUT2D eigenvalue weighted by Crippen LogP contribution is -2.27. The number of aryl methyl sites for hydroxylation is 1. The van der Waals surface area contributed by atoms with Crippen molar-refractivity contribution in [3.8, 4) is 22.6 Å². The summed E-state index contributed by atoms with van der Waals surface area (Å²) < 4.78 is 1.66. The minimum absolute atomic E-state index is 0.000364. The third-order valence-corrected chi connectivity index (χ3v) is 5.83. The molecule has 4 N–H and O–H groups in total. The highest BCUT2D eigenvalue weighted by atomic mass is 16.3. The molecule has 0 fully saturated rings. The van der Waals surface area contributed by atoms with Crippen LogP contribution in [0.5, 0.6) is 0 Å². The quantitative estimate of drug-likeness (QED) is 0.326. The van der Waals surface area contributed by atoms with Gasteiger partial charge in [-0.25, -0.2) is 9.97 Å². The number of amides is 1. The van der Waals surface area contributed by atoms with Crippen molar-refractivity contribution in [3.63, 3.8) is 0 Å². The number of rotatable bonds is 6. The Labute approximate surface area is 213 Å². The van der Waals surface area contributed by atoms with Gasteiger partial charge in [-0.3, -0.25) is 19.4 Å². The Morgan fingerprint density at radius 2 is 1.89 bits per heavy atom. The normalized spacial score (nSPS) is 11.6. The lowest BCUT2D eigenvalue weighted by molar-refractivity contribution is 0.0736. The predicted octanol–water partition coefficient (Wildman–Crippen LogP) is 3.23. The molecule has 186 valence electrons. The van der Waals surface area contributed by atoms with E-state index in [2.05, 4.69) is 30.4 Å². The van der Waals surface area contributed by atoms with Gasteiger partial charge in [0.15, 0.2) is 11.5 Å². The van der Waals surface area contributed by atoms with Crippen LogP contribution >= 0.6 is 0 Å². The highest BCUT2D eigenvalue weighted by Crippen LogP contribution is 2.31. The van der Waals surface area contributed by atoms with Crippen LogP contribution in [0.2, 0.25) is 0 Å². The second-order valence-corrected chi connectivity index (χ2v) is 9.20. The van der Waals surface area contributed by atoms with Gasteiger partial charge in [-0.2, -0.15) is 5.10 Å². The van der Waals surface area contributed by atoms with E-state index in [1.54, 1.807) is 49.1 Å². The molecule has 0 unspecified atom stereocenters. The van der Waals surface area contributed by atoms with Crippen molar-refractivity contribution in [1.29, 1.82) is 0 Å². The minimum Gasteiger partial charge on any atom is -0.384 e. The van der Waals surface area contributed by atoms with Gasteiger partial charge >= 0.3 is 0 Å². The summed E-state index contributed by atoms with van der Waals surface area (Å²) in [4.78, 5) is 31.2. The van der Waals surface area contributed by atoms with Crippen molar-refractivity contribution in [2.75, 3.05) is 5.73 Å². The third-order valence-electron chi connectivity index (χ3n) is 5.83. The Bertz CT molecular complexity index is 1620. The molecule has 1 aromatic carbocycles. The Hall–Kier alpha value is -4.70. The molecular weight excluding hydrogens is 468 g/mol. The zero-order chi connectivity index (χ0) is 26.2. The molecule has 4 aromatic heterocycles. The molecule has 5 aromatic rings. The average molecular weight is 495 g/mol. The van der Waals surface area contributed by atoms with Gasteiger partial charge in [0.2, 0.25) is 0 Å². The molecule has 0 aliphatic carbocycles. The molecule has 0 atom stereocenters. The Balaban J connectivity index is 1.52. The van der Waals surface area contributed by atoms with Crippen LogP contribution in [0.1, 0.15) is 35.7 Å². The highest BCUT2D eigenvalue weighted by molar-refractivity contribution is 5.98. The number of hydrogen-bond donors (Lipinski definition) is 3. The number of nitrogen functional groups attached to an aromatic ring is 1. The number of nitrogens with zero attached hydrogens (tertiary/aromatic N) is 6. The van der Waals surface area contributed by atoms with E-state index < -0.39 is 11.5 Å². The fraction of sp³-hybridized carbons (Fsp3) is 0.185. The van der Waals surface area contributed by atoms with Crippen molar-refractivity contribution < 1.29 is 9.90 Å². The number of anilines is 1. The number of fused-ring (bicyclic) bond motifs is 1. The molecule has 0 spiro atoms. The first kappa shape index (κ1) is 24.0. The second kappa shape index (κ2) is 9.40. The molecule has 0 saturated carbocycles. The van der Waals surface area contributed by atoms with Gasteiger partial charge in [-0.15, -0.1) is 0 Å². The molecule has 10 nitrogen and oxygen atoms in total.